The first kappa shape index (κ1) is 19.7. The number of aromatic nitrogens is 1. The molecular formula is C21H30N2OS. The Morgan fingerprint density at radius 2 is 2.12 bits per heavy atom. The number of nitrogens with zero attached hydrogens (tertiary/aromatic N) is 2. The van der Waals surface area contributed by atoms with E-state index in [4.69, 9.17) is 4.99 Å². The SMILES string of the molecule is C=CC(CC)c1cn(C)c(C)c1N=C(C)Cc1sc(C(C)O)cc1C. The summed E-state index contributed by atoms with van der Waals surface area (Å²) in [5, 5.41) is 9.79. The zero-order valence-electron chi connectivity index (χ0n) is 16.3. The molecule has 0 saturated carbocycles. The highest BCUT2D eigenvalue weighted by Gasteiger charge is 2.17. The molecular weight excluding hydrogens is 328 g/mol. The van der Waals surface area contributed by atoms with Crippen molar-refractivity contribution in [3.8, 4) is 0 Å². The maximum atomic E-state index is 9.79. The smallest absolute Gasteiger partial charge is 0.0873 e. The summed E-state index contributed by atoms with van der Waals surface area (Å²) in [6.07, 6.45) is 5.63. The van der Waals surface area contributed by atoms with E-state index < -0.39 is 6.10 Å². The second kappa shape index (κ2) is 8.15. The lowest BCUT2D eigenvalue weighted by atomic mass is 9.97. The summed E-state index contributed by atoms with van der Waals surface area (Å²) in [5.41, 5.74) is 5.85. The Balaban J connectivity index is 2.35. The Labute approximate surface area is 155 Å². The highest BCUT2D eigenvalue weighted by molar-refractivity contribution is 7.12. The molecule has 2 atom stereocenters. The van der Waals surface area contributed by atoms with Crippen molar-refractivity contribution in [2.24, 2.45) is 12.0 Å². The van der Waals surface area contributed by atoms with Crippen LogP contribution >= 0.6 is 11.3 Å². The Hall–Kier alpha value is -1.65. The number of aryl methyl sites for hydroxylation is 2. The van der Waals surface area contributed by atoms with Crippen molar-refractivity contribution >= 4 is 22.7 Å². The minimum Gasteiger partial charge on any atom is -0.388 e. The lowest BCUT2D eigenvalue weighted by Crippen LogP contribution is -1.98. The molecule has 0 spiro atoms. The Morgan fingerprint density at radius 3 is 2.64 bits per heavy atom. The second-order valence-corrected chi connectivity index (χ2v) is 8.00. The van der Waals surface area contributed by atoms with Gasteiger partial charge in [0.15, 0.2) is 0 Å². The average molecular weight is 359 g/mol. The number of aliphatic hydroxyl groups is 1. The molecule has 0 fully saturated rings. The van der Waals surface area contributed by atoms with Crippen LogP contribution in [0.2, 0.25) is 0 Å². The predicted molar refractivity (Wildman–Crippen MR) is 110 cm³/mol. The fourth-order valence-electron chi connectivity index (χ4n) is 3.06. The molecule has 25 heavy (non-hydrogen) atoms. The first-order valence-corrected chi connectivity index (χ1v) is 9.69. The van der Waals surface area contributed by atoms with Gasteiger partial charge in [-0.2, -0.15) is 0 Å². The van der Waals surface area contributed by atoms with E-state index in [1.165, 1.54) is 21.7 Å². The molecule has 0 bridgehead atoms. The zero-order valence-corrected chi connectivity index (χ0v) is 17.1. The van der Waals surface area contributed by atoms with Gasteiger partial charge in [0.25, 0.3) is 0 Å². The van der Waals surface area contributed by atoms with Crippen LogP contribution in [-0.2, 0) is 13.5 Å². The monoisotopic (exact) mass is 358 g/mol. The maximum absolute atomic E-state index is 9.79. The molecule has 0 saturated heterocycles. The number of hydrogen-bond acceptors (Lipinski definition) is 3. The molecule has 0 aromatic carbocycles. The van der Waals surface area contributed by atoms with Crippen molar-refractivity contribution in [3.63, 3.8) is 0 Å². The molecule has 2 unspecified atom stereocenters. The fourth-order valence-corrected chi connectivity index (χ4v) is 4.25. The van der Waals surface area contributed by atoms with Crippen LogP contribution in [0.1, 0.15) is 65.8 Å². The van der Waals surface area contributed by atoms with Crippen LogP contribution in [0.4, 0.5) is 5.69 Å². The molecule has 2 aromatic heterocycles. The highest BCUT2D eigenvalue weighted by atomic mass is 32.1. The van der Waals surface area contributed by atoms with E-state index in [0.717, 1.165) is 29.1 Å². The number of allylic oxidation sites excluding steroid dienone is 1. The molecule has 2 heterocycles. The fraction of sp³-hybridized carbons (Fsp3) is 0.476. The summed E-state index contributed by atoms with van der Waals surface area (Å²) >= 11 is 1.68. The Kier molecular flexibility index (Phi) is 6.42. The first-order chi connectivity index (χ1) is 11.8. The van der Waals surface area contributed by atoms with Gasteiger partial charge in [0.1, 0.15) is 0 Å². The summed E-state index contributed by atoms with van der Waals surface area (Å²) in [6, 6.07) is 2.09. The molecule has 2 rings (SSSR count). The van der Waals surface area contributed by atoms with Gasteiger partial charge in [0, 0.05) is 52.3 Å². The van der Waals surface area contributed by atoms with E-state index in [2.05, 4.69) is 58.2 Å². The topological polar surface area (TPSA) is 37.5 Å². The molecule has 0 aliphatic rings. The minimum atomic E-state index is -0.407. The van der Waals surface area contributed by atoms with Crippen LogP contribution < -0.4 is 0 Å². The van der Waals surface area contributed by atoms with Gasteiger partial charge in [-0.15, -0.1) is 17.9 Å². The molecule has 2 aromatic rings. The van der Waals surface area contributed by atoms with Gasteiger partial charge in [-0.25, -0.2) is 0 Å². The van der Waals surface area contributed by atoms with Crippen LogP contribution in [0, 0.1) is 13.8 Å². The van der Waals surface area contributed by atoms with Crippen LogP contribution in [0.25, 0.3) is 0 Å². The third-order valence-electron chi connectivity index (χ3n) is 4.77. The summed E-state index contributed by atoms with van der Waals surface area (Å²) < 4.78 is 2.15. The molecule has 136 valence electrons. The molecule has 0 aliphatic carbocycles. The summed E-state index contributed by atoms with van der Waals surface area (Å²) in [6.45, 7) is 14.3. The normalized spacial score (nSPS) is 14.6. The van der Waals surface area contributed by atoms with Gasteiger partial charge in [0.05, 0.1) is 11.8 Å². The van der Waals surface area contributed by atoms with Crippen LogP contribution in [0.3, 0.4) is 0 Å². The summed E-state index contributed by atoms with van der Waals surface area (Å²) in [5.74, 6) is 0.330. The van der Waals surface area contributed by atoms with Crippen LogP contribution in [0.15, 0.2) is 29.9 Å². The number of rotatable bonds is 7. The number of aliphatic imine (C=N–C) groups is 1. The minimum absolute atomic E-state index is 0.330. The van der Waals surface area contributed by atoms with Crippen molar-refractivity contribution in [1.29, 1.82) is 0 Å². The van der Waals surface area contributed by atoms with E-state index in [0.29, 0.717) is 5.92 Å². The summed E-state index contributed by atoms with van der Waals surface area (Å²) in [4.78, 5) is 7.28. The van der Waals surface area contributed by atoms with E-state index in [1.807, 2.05) is 13.0 Å². The third kappa shape index (κ3) is 4.31. The molecule has 3 nitrogen and oxygen atoms in total. The van der Waals surface area contributed by atoms with Crippen molar-refractivity contribution in [1.82, 2.24) is 4.57 Å². The van der Waals surface area contributed by atoms with Crippen LogP contribution in [-0.4, -0.2) is 15.4 Å². The van der Waals surface area contributed by atoms with Gasteiger partial charge in [0.2, 0.25) is 0 Å². The van der Waals surface area contributed by atoms with Gasteiger partial charge in [-0.3, -0.25) is 4.99 Å². The van der Waals surface area contributed by atoms with Crippen molar-refractivity contribution < 1.29 is 5.11 Å². The Morgan fingerprint density at radius 1 is 1.44 bits per heavy atom. The number of aliphatic hydroxyl groups excluding tert-OH is 1. The van der Waals surface area contributed by atoms with Crippen LogP contribution in [0.5, 0.6) is 0 Å². The van der Waals surface area contributed by atoms with Gasteiger partial charge < -0.3 is 9.67 Å². The van der Waals surface area contributed by atoms with Gasteiger partial charge in [-0.05, 0) is 45.7 Å². The molecule has 0 radical (unpaired) electrons. The molecule has 0 amide bonds. The van der Waals surface area contributed by atoms with Gasteiger partial charge in [-0.1, -0.05) is 13.0 Å². The van der Waals surface area contributed by atoms with Crippen molar-refractivity contribution in [2.75, 3.05) is 0 Å². The largest absolute Gasteiger partial charge is 0.388 e. The van der Waals surface area contributed by atoms with Crippen molar-refractivity contribution in [2.45, 2.75) is 59.5 Å². The lowest BCUT2D eigenvalue weighted by Gasteiger charge is -2.10. The quantitative estimate of drug-likeness (QED) is 0.495. The Bertz CT molecular complexity index is 780. The molecule has 0 aliphatic heterocycles. The lowest BCUT2D eigenvalue weighted by molar-refractivity contribution is 0.203. The standard InChI is InChI=1S/C21H30N2OS/c1-8-17(9-2)18-12-23(7)15(5)21(18)22-14(4)11-19-13(3)10-20(25-19)16(6)24/h8,10,12,16-17,24H,1,9,11H2,2-7H3. The number of hydrogen-bond donors (Lipinski definition) is 1. The maximum Gasteiger partial charge on any atom is 0.0873 e. The summed E-state index contributed by atoms with van der Waals surface area (Å²) in [7, 11) is 2.07. The highest BCUT2D eigenvalue weighted by Crippen LogP contribution is 2.35. The second-order valence-electron chi connectivity index (χ2n) is 6.83. The predicted octanol–water partition coefficient (Wildman–Crippen LogP) is 5.77. The van der Waals surface area contributed by atoms with Crippen molar-refractivity contribution in [3.05, 3.63) is 51.5 Å². The van der Waals surface area contributed by atoms with E-state index in [-0.39, 0.29) is 0 Å². The van der Waals surface area contributed by atoms with E-state index in [1.54, 1.807) is 11.3 Å². The van der Waals surface area contributed by atoms with Gasteiger partial charge >= 0.3 is 0 Å². The van der Waals surface area contributed by atoms with E-state index in [9.17, 15) is 5.11 Å². The first-order valence-electron chi connectivity index (χ1n) is 8.88. The third-order valence-corrected chi connectivity index (χ3v) is 6.18. The molecule has 1 N–H and O–H groups in total. The molecule has 4 heteroatoms. The zero-order chi connectivity index (χ0) is 18.7. The van der Waals surface area contributed by atoms with E-state index >= 15 is 0 Å². The number of thiophene rings is 1. The average Bonchev–Trinajstić information content (AvgIpc) is 3.04.